The Morgan fingerprint density at radius 2 is 1.44 bits per heavy atom. The molecule has 0 saturated carbocycles. The second-order valence-electron chi connectivity index (χ2n) is 10.1. The van der Waals surface area contributed by atoms with Gasteiger partial charge in [-0.3, -0.25) is 9.59 Å². The molecule has 0 heterocycles. The lowest BCUT2D eigenvalue weighted by Gasteiger charge is -2.19. The summed E-state index contributed by atoms with van der Waals surface area (Å²) in [7, 11) is 0. The van der Waals surface area contributed by atoms with Crippen LogP contribution in [0.3, 0.4) is 0 Å². The van der Waals surface area contributed by atoms with Crippen LogP contribution in [0.4, 0.5) is 18.9 Å². The molecule has 0 spiro atoms. The van der Waals surface area contributed by atoms with Crippen molar-refractivity contribution in [2.45, 2.75) is 38.7 Å². The van der Waals surface area contributed by atoms with E-state index in [4.69, 9.17) is 5.11 Å². The van der Waals surface area contributed by atoms with Crippen molar-refractivity contribution in [2.24, 2.45) is 0 Å². The zero-order chi connectivity index (χ0) is 30.4. The second-order valence-corrected chi connectivity index (χ2v) is 10.1. The fraction of sp³-hybridized carbons (Fsp3) is 0.233. The number of anilines is 1. The molecule has 1 atom stereocenters. The zero-order valence-electron chi connectivity index (χ0n) is 22.5. The van der Waals surface area contributed by atoms with E-state index in [1.54, 1.807) is 12.1 Å². The van der Waals surface area contributed by atoms with Gasteiger partial charge in [0.1, 0.15) is 5.75 Å². The van der Waals surface area contributed by atoms with Gasteiger partial charge in [0.2, 0.25) is 0 Å². The molecule has 3 aromatic rings. The number of nitrogens with one attached hydrogen (secondary N) is 2. The third-order valence-electron chi connectivity index (χ3n) is 5.88. The van der Waals surface area contributed by atoms with Crippen LogP contribution in [-0.2, 0) is 15.0 Å². The predicted octanol–water partition coefficient (Wildman–Crippen LogP) is 5.24. The lowest BCUT2D eigenvalue weighted by Crippen LogP contribution is -2.36. The van der Waals surface area contributed by atoms with Crippen LogP contribution >= 0.6 is 0 Å². The van der Waals surface area contributed by atoms with Crippen molar-refractivity contribution < 1.29 is 42.5 Å². The van der Waals surface area contributed by atoms with Crippen LogP contribution in [0.1, 0.15) is 47.8 Å². The number of rotatable bonds is 9. The maximum Gasteiger partial charge on any atom is 0.573 e. The molecular formula is C30H29F3N2O6. The lowest BCUT2D eigenvalue weighted by atomic mass is 9.87. The van der Waals surface area contributed by atoms with Crippen LogP contribution in [0.15, 0.2) is 72.8 Å². The van der Waals surface area contributed by atoms with Crippen LogP contribution < -0.4 is 15.4 Å². The normalized spacial score (nSPS) is 12.8. The molecule has 3 aromatic carbocycles. The first kappa shape index (κ1) is 30.9. The van der Waals surface area contributed by atoms with Gasteiger partial charge in [-0.1, -0.05) is 57.2 Å². The summed E-state index contributed by atoms with van der Waals surface area (Å²) in [6.45, 7) is 5.69. The smallest absolute Gasteiger partial charge is 0.479 e. The summed E-state index contributed by atoms with van der Waals surface area (Å²) in [5.74, 6) is -3.05. The number of amides is 2. The summed E-state index contributed by atoms with van der Waals surface area (Å²) in [4.78, 5) is 36.4. The number of alkyl halides is 3. The maximum absolute atomic E-state index is 13.4. The zero-order valence-corrected chi connectivity index (χ0v) is 22.5. The number of carboxylic acid groups (broad SMARTS) is 1. The number of aliphatic hydroxyl groups is 1. The average molecular weight is 571 g/mol. The van der Waals surface area contributed by atoms with Gasteiger partial charge in [-0.2, -0.15) is 0 Å². The van der Waals surface area contributed by atoms with Gasteiger partial charge in [0.05, 0.1) is 6.54 Å². The minimum absolute atomic E-state index is 0.0903. The number of halogens is 3. The number of hydrogen-bond acceptors (Lipinski definition) is 5. The number of benzene rings is 3. The highest BCUT2D eigenvalue weighted by Crippen LogP contribution is 2.28. The molecule has 216 valence electrons. The molecule has 8 nitrogen and oxygen atoms in total. The monoisotopic (exact) mass is 570 g/mol. The number of hydrogen-bond donors (Lipinski definition) is 4. The third-order valence-corrected chi connectivity index (χ3v) is 5.88. The lowest BCUT2D eigenvalue weighted by molar-refractivity contribution is -0.274. The maximum atomic E-state index is 13.4. The molecule has 41 heavy (non-hydrogen) atoms. The van der Waals surface area contributed by atoms with Gasteiger partial charge in [-0.15, -0.1) is 13.2 Å². The van der Waals surface area contributed by atoms with Crippen molar-refractivity contribution in [3.8, 4) is 5.75 Å². The Labute approximate surface area is 234 Å². The van der Waals surface area contributed by atoms with Crippen molar-refractivity contribution in [3.05, 3.63) is 95.1 Å². The van der Waals surface area contributed by atoms with Crippen molar-refractivity contribution in [2.75, 3.05) is 11.9 Å². The first-order valence-corrected chi connectivity index (χ1v) is 12.4. The Kier molecular flexibility index (Phi) is 9.56. The van der Waals surface area contributed by atoms with E-state index in [-0.39, 0.29) is 16.6 Å². The van der Waals surface area contributed by atoms with Crippen LogP contribution in [0.25, 0.3) is 11.6 Å². The van der Waals surface area contributed by atoms with E-state index in [9.17, 15) is 32.7 Å². The third kappa shape index (κ3) is 9.21. The fourth-order valence-corrected chi connectivity index (χ4v) is 3.64. The van der Waals surface area contributed by atoms with E-state index < -0.39 is 42.5 Å². The standard InChI is InChI=1S/C30H29F3N2O6/c1-29(2,3)21-10-12-22(13-11-21)35-27(38)24(19-8-14-23(15-9-19)41-30(31,32)33)16-18-4-6-20(7-5-18)26(37)34-17-25(36)28(39)40/h4-16,25,36H,17H2,1-3H3,(H,34,37)(H,35,38)(H,39,40)/b24-16+. The molecule has 0 aromatic heterocycles. The number of carboxylic acids is 1. The van der Waals surface area contributed by atoms with Gasteiger partial charge in [0.25, 0.3) is 11.8 Å². The number of aliphatic carboxylic acids is 1. The van der Waals surface area contributed by atoms with E-state index in [1.165, 1.54) is 42.5 Å². The number of carbonyl (C=O) groups is 3. The van der Waals surface area contributed by atoms with E-state index >= 15 is 0 Å². The first-order valence-electron chi connectivity index (χ1n) is 12.4. The fourth-order valence-electron chi connectivity index (χ4n) is 3.64. The largest absolute Gasteiger partial charge is 0.573 e. The van der Waals surface area contributed by atoms with Gasteiger partial charge < -0.3 is 25.6 Å². The molecule has 4 N–H and O–H groups in total. The summed E-state index contributed by atoms with van der Waals surface area (Å²) in [5.41, 5.74) is 2.61. The molecule has 0 bridgehead atoms. The number of carbonyl (C=O) groups excluding carboxylic acids is 2. The quantitative estimate of drug-likeness (QED) is 0.206. The van der Waals surface area contributed by atoms with E-state index in [2.05, 4.69) is 36.1 Å². The first-order chi connectivity index (χ1) is 19.1. The Balaban J connectivity index is 1.88. The molecule has 1 unspecified atom stereocenters. The highest BCUT2D eigenvalue weighted by Gasteiger charge is 2.31. The Hall–Kier alpha value is -4.64. The molecule has 0 saturated heterocycles. The highest BCUT2D eigenvalue weighted by atomic mass is 19.4. The second kappa shape index (κ2) is 12.7. The van der Waals surface area contributed by atoms with E-state index in [0.717, 1.165) is 17.7 Å². The van der Waals surface area contributed by atoms with Gasteiger partial charge >= 0.3 is 12.3 Å². The van der Waals surface area contributed by atoms with E-state index in [1.807, 2.05) is 12.1 Å². The molecule has 0 aliphatic carbocycles. The summed E-state index contributed by atoms with van der Waals surface area (Å²) < 4.78 is 41.8. The number of aliphatic hydroxyl groups excluding tert-OH is 1. The van der Waals surface area contributed by atoms with Gasteiger partial charge in [0.15, 0.2) is 6.10 Å². The SMILES string of the molecule is CC(C)(C)c1ccc(NC(=O)/C(=C/c2ccc(C(=O)NCC(O)C(=O)O)cc2)c2ccc(OC(F)(F)F)cc2)cc1. The number of ether oxygens (including phenoxy) is 1. The molecule has 0 aliphatic rings. The Morgan fingerprint density at radius 3 is 1.95 bits per heavy atom. The van der Waals surface area contributed by atoms with Crippen LogP contribution in [0.5, 0.6) is 5.75 Å². The molecule has 11 heteroatoms. The Bertz CT molecular complexity index is 1410. The Morgan fingerprint density at radius 1 is 0.878 bits per heavy atom. The van der Waals surface area contributed by atoms with E-state index in [0.29, 0.717) is 16.8 Å². The van der Waals surface area contributed by atoms with Crippen LogP contribution in [-0.4, -0.2) is 47.0 Å². The van der Waals surface area contributed by atoms with Crippen molar-refractivity contribution in [1.29, 1.82) is 0 Å². The molecule has 0 aliphatic heterocycles. The van der Waals surface area contributed by atoms with Gasteiger partial charge in [-0.25, -0.2) is 4.79 Å². The van der Waals surface area contributed by atoms with Crippen molar-refractivity contribution in [1.82, 2.24) is 5.32 Å². The minimum Gasteiger partial charge on any atom is -0.479 e. The highest BCUT2D eigenvalue weighted by molar-refractivity contribution is 6.29. The molecule has 3 rings (SSSR count). The predicted molar refractivity (Wildman–Crippen MR) is 147 cm³/mol. The molecule has 0 radical (unpaired) electrons. The van der Waals surface area contributed by atoms with Crippen LogP contribution in [0, 0.1) is 0 Å². The molecule has 0 fully saturated rings. The van der Waals surface area contributed by atoms with Gasteiger partial charge in [-0.05, 0) is 64.6 Å². The molecular weight excluding hydrogens is 541 g/mol. The minimum atomic E-state index is -4.86. The summed E-state index contributed by atoms with van der Waals surface area (Å²) in [6, 6.07) is 18.1. The molecule has 2 amide bonds. The van der Waals surface area contributed by atoms with Gasteiger partial charge in [0, 0.05) is 16.8 Å². The van der Waals surface area contributed by atoms with Crippen molar-refractivity contribution in [3.63, 3.8) is 0 Å². The summed E-state index contributed by atoms with van der Waals surface area (Å²) in [6.07, 6.45) is -5.11. The van der Waals surface area contributed by atoms with Crippen LogP contribution in [0.2, 0.25) is 0 Å². The average Bonchev–Trinajstić information content (AvgIpc) is 2.90. The summed E-state index contributed by atoms with van der Waals surface area (Å²) in [5, 5.41) is 23.2. The topological polar surface area (TPSA) is 125 Å². The van der Waals surface area contributed by atoms with Crippen molar-refractivity contribution >= 4 is 35.1 Å². The summed E-state index contributed by atoms with van der Waals surface area (Å²) >= 11 is 0.